The van der Waals surface area contributed by atoms with Crippen LogP contribution in [0.5, 0.6) is 23.0 Å². The van der Waals surface area contributed by atoms with Crippen LogP contribution in [-0.2, 0) is 4.79 Å². The van der Waals surface area contributed by atoms with Crippen molar-refractivity contribution < 1.29 is 23.7 Å². The van der Waals surface area contributed by atoms with Crippen molar-refractivity contribution >= 4 is 6.47 Å². The van der Waals surface area contributed by atoms with Gasteiger partial charge in [-0.1, -0.05) is 0 Å². The minimum atomic E-state index is 0.333. The molecule has 0 aromatic heterocycles. The van der Waals surface area contributed by atoms with E-state index in [2.05, 4.69) is 0 Å². The largest absolute Gasteiger partial charge is 0.493 e. The highest BCUT2D eigenvalue weighted by Crippen LogP contribution is 2.40. The summed E-state index contributed by atoms with van der Waals surface area (Å²) in [6.45, 7) is 0.334. The predicted octanol–water partition coefficient (Wildman–Crippen LogP) is 1.25. The van der Waals surface area contributed by atoms with Gasteiger partial charge in [0.2, 0.25) is 5.75 Å². The van der Waals surface area contributed by atoms with E-state index in [4.69, 9.17) is 18.9 Å². The summed E-state index contributed by atoms with van der Waals surface area (Å²) in [4.78, 5) is 10.2. The Morgan fingerprint density at radius 2 is 1.53 bits per heavy atom. The molecule has 0 radical (unpaired) electrons. The minimum Gasteiger partial charge on any atom is -0.493 e. The van der Waals surface area contributed by atoms with Crippen LogP contribution in [0.25, 0.3) is 0 Å². The number of hydrogen-bond donors (Lipinski definition) is 0. The molecule has 0 bridgehead atoms. The lowest BCUT2D eigenvalue weighted by Crippen LogP contribution is -1.97. The lowest BCUT2D eigenvalue weighted by atomic mass is 10.2. The zero-order chi connectivity index (χ0) is 11.3. The molecule has 0 N–H and O–H groups in total. The third-order valence-corrected chi connectivity index (χ3v) is 1.82. The summed E-state index contributed by atoms with van der Waals surface area (Å²) in [6, 6.07) is 3.07. The van der Waals surface area contributed by atoms with E-state index < -0.39 is 0 Å². The Kier molecular flexibility index (Phi) is 3.79. The van der Waals surface area contributed by atoms with Gasteiger partial charge in [0.1, 0.15) is 5.75 Å². The smallest absolute Gasteiger partial charge is 0.298 e. The quantitative estimate of drug-likeness (QED) is 0.687. The first-order valence-electron chi connectivity index (χ1n) is 4.17. The first-order chi connectivity index (χ1) is 7.26. The molecular weight excluding hydrogens is 200 g/mol. The van der Waals surface area contributed by atoms with Crippen LogP contribution in [0.1, 0.15) is 0 Å². The van der Waals surface area contributed by atoms with Crippen LogP contribution in [0, 0.1) is 0 Å². The fourth-order valence-corrected chi connectivity index (χ4v) is 1.18. The van der Waals surface area contributed by atoms with Crippen LogP contribution >= 0.6 is 0 Å². The summed E-state index contributed by atoms with van der Waals surface area (Å²) < 4.78 is 19.9. The van der Waals surface area contributed by atoms with E-state index in [1.165, 1.54) is 33.5 Å². The Morgan fingerprint density at radius 1 is 1.00 bits per heavy atom. The van der Waals surface area contributed by atoms with Crippen LogP contribution in [0.2, 0.25) is 0 Å². The Bertz CT molecular complexity index is 323. The maximum Gasteiger partial charge on any atom is 0.298 e. The fraction of sp³-hybridized carbons (Fsp3) is 0.300. The second-order valence-electron chi connectivity index (χ2n) is 2.58. The molecule has 0 heterocycles. The first kappa shape index (κ1) is 11.2. The second kappa shape index (κ2) is 5.09. The molecule has 15 heavy (non-hydrogen) atoms. The maximum atomic E-state index is 10.2. The Morgan fingerprint density at radius 3 is 1.87 bits per heavy atom. The molecule has 0 saturated heterocycles. The first-order valence-corrected chi connectivity index (χ1v) is 4.17. The third-order valence-electron chi connectivity index (χ3n) is 1.82. The molecule has 1 aromatic rings. The van der Waals surface area contributed by atoms with Gasteiger partial charge in [0.25, 0.3) is 6.47 Å². The molecule has 0 aliphatic heterocycles. The molecule has 5 heteroatoms. The minimum absolute atomic E-state index is 0.333. The highest BCUT2D eigenvalue weighted by molar-refractivity contribution is 5.58. The Labute approximate surface area is 87.5 Å². The molecule has 0 aliphatic rings. The van der Waals surface area contributed by atoms with Gasteiger partial charge in [-0.25, -0.2) is 0 Å². The number of carbonyl (C=O) groups is 1. The van der Waals surface area contributed by atoms with E-state index in [0.717, 1.165) is 0 Å². The lowest BCUT2D eigenvalue weighted by Gasteiger charge is -2.12. The maximum absolute atomic E-state index is 10.2. The number of benzene rings is 1. The van der Waals surface area contributed by atoms with E-state index in [9.17, 15) is 4.79 Å². The number of methoxy groups -OCH3 is 3. The molecule has 0 amide bonds. The van der Waals surface area contributed by atoms with Crippen molar-refractivity contribution in [1.82, 2.24) is 0 Å². The van der Waals surface area contributed by atoms with Crippen molar-refractivity contribution in [3.05, 3.63) is 12.1 Å². The van der Waals surface area contributed by atoms with Crippen molar-refractivity contribution in [2.45, 2.75) is 0 Å². The predicted molar refractivity (Wildman–Crippen MR) is 52.8 cm³/mol. The molecule has 5 nitrogen and oxygen atoms in total. The molecule has 1 rings (SSSR count). The van der Waals surface area contributed by atoms with Gasteiger partial charge < -0.3 is 18.9 Å². The highest BCUT2D eigenvalue weighted by atomic mass is 16.5. The fourth-order valence-electron chi connectivity index (χ4n) is 1.18. The average molecular weight is 212 g/mol. The average Bonchev–Trinajstić information content (AvgIpc) is 2.28. The molecule has 0 atom stereocenters. The van der Waals surface area contributed by atoms with Gasteiger partial charge >= 0.3 is 0 Å². The van der Waals surface area contributed by atoms with Crippen LogP contribution in [0.4, 0.5) is 0 Å². The summed E-state index contributed by atoms with van der Waals surface area (Å²) in [5.74, 6) is 1.67. The van der Waals surface area contributed by atoms with Crippen LogP contribution in [-0.4, -0.2) is 27.8 Å². The number of hydrogen-bond acceptors (Lipinski definition) is 5. The molecule has 0 saturated carbocycles. The molecule has 82 valence electrons. The van der Waals surface area contributed by atoms with Gasteiger partial charge in [0.05, 0.1) is 21.3 Å². The number of rotatable bonds is 5. The van der Waals surface area contributed by atoms with E-state index in [1.807, 2.05) is 0 Å². The Hall–Kier alpha value is -1.91. The van der Waals surface area contributed by atoms with Gasteiger partial charge in [-0.2, -0.15) is 0 Å². The summed E-state index contributed by atoms with van der Waals surface area (Å²) in [5.41, 5.74) is 0. The highest BCUT2D eigenvalue weighted by Gasteiger charge is 2.13. The van der Waals surface area contributed by atoms with E-state index >= 15 is 0 Å². The number of ether oxygens (including phenoxy) is 4. The van der Waals surface area contributed by atoms with Crippen molar-refractivity contribution in [1.29, 1.82) is 0 Å². The van der Waals surface area contributed by atoms with Crippen molar-refractivity contribution in [3.8, 4) is 23.0 Å². The lowest BCUT2D eigenvalue weighted by molar-refractivity contribution is -0.120. The standard InChI is InChI=1S/C10H12O5/c1-12-8-4-7(15-6-11)5-9(13-2)10(8)14-3/h4-6H,1-3H3. The summed E-state index contributed by atoms with van der Waals surface area (Å²) in [5, 5.41) is 0. The van der Waals surface area contributed by atoms with Crippen molar-refractivity contribution in [2.75, 3.05) is 21.3 Å². The second-order valence-corrected chi connectivity index (χ2v) is 2.58. The summed E-state index contributed by atoms with van der Waals surface area (Å²) in [6.07, 6.45) is 0. The van der Waals surface area contributed by atoms with Crippen LogP contribution in [0.15, 0.2) is 12.1 Å². The zero-order valence-electron chi connectivity index (χ0n) is 8.77. The van der Waals surface area contributed by atoms with Crippen molar-refractivity contribution in [3.63, 3.8) is 0 Å². The summed E-state index contributed by atoms with van der Waals surface area (Å²) in [7, 11) is 4.48. The SMILES string of the molecule is COc1cc(OC=O)cc(OC)c1OC. The molecule has 0 spiro atoms. The van der Waals surface area contributed by atoms with Gasteiger partial charge in [-0.3, -0.25) is 4.79 Å². The normalized spacial score (nSPS) is 9.27. The van der Waals surface area contributed by atoms with Gasteiger partial charge in [0.15, 0.2) is 11.5 Å². The van der Waals surface area contributed by atoms with Crippen LogP contribution < -0.4 is 18.9 Å². The summed E-state index contributed by atoms with van der Waals surface area (Å²) >= 11 is 0. The zero-order valence-corrected chi connectivity index (χ0v) is 8.77. The van der Waals surface area contributed by atoms with E-state index in [0.29, 0.717) is 29.5 Å². The molecule has 0 unspecified atom stereocenters. The van der Waals surface area contributed by atoms with E-state index in [1.54, 1.807) is 0 Å². The third kappa shape index (κ3) is 2.31. The van der Waals surface area contributed by atoms with Crippen molar-refractivity contribution in [2.24, 2.45) is 0 Å². The number of carbonyl (C=O) groups excluding carboxylic acids is 1. The molecule has 0 aliphatic carbocycles. The van der Waals surface area contributed by atoms with Gasteiger partial charge in [0, 0.05) is 12.1 Å². The molecule has 1 aromatic carbocycles. The Balaban J connectivity index is 3.22. The van der Waals surface area contributed by atoms with Gasteiger partial charge in [-0.15, -0.1) is 0 Å². The monoisotopic (exact) mass is 212 g/mol. The molecular formula is C10H12O5. The van der Waals surface area contributed by atoms with Gasteiger partial charge in [-0.05, 0) is 0 Å². The van der Waals surface area contributed by atoms with E-state index in [-0.39, 0.29) is 0 Å². The topological polar surface area (TPSA) is 54.0 Å². The van der Waals surface area contributed by atoms with Crippen LogP contribution in [0.3, 0.4) is 0 Å². The molecule has 0 fully saturated rings.